The Morgan fingerprint density at radius 1 is 1.00 bits per heavy atom. The Hall–Kier alpha value is -4.17. The highest BCUT2D eigenvalue weighted by molar-refractivity contribution is 7.10. The van der Waals surface area contributed by atoms with E-state index in [0.717, 1.165) is 43.7 Å². The molecule has 6 rings (SSSR count). The fraction of sp³-hybridized carbons (Fsp3) is 0.115. The van der Waals surface area contributed by atoms with Gasteiger partial charge in [0.15, 0.2) is 6.73 Å². The number of carbonyl (C=O) groups is 1. The molecule has 34 heavy (non-hydrogen) atoms. The van der Waals surface area contributed by atoms with Gasteiger partial charge in [-0.15, -0.1) is 16.4 Å². The summed E-state index contributed by atoms with van der Waals surface area (Å²) in [7, 11) is 0. The third-order valence-corrected chi connectivity index (χ3v) is 6.77. The summed E-state index contributed by atoms with van der Waals surface area (Å²) < 4.78 is 6.66. The van der Waals surface area contributed by atoms with Gasteiger partial charge in [-0.25, -0.2) is 9.78 Å². The Labute approximate surface area is 198 Å². The number of carbonyl (C=O) groups excluding carboxylic acids is 1. The second-order valence-corrected chi connectivity index (χ2v) is 8.97. The summed E-state index contributed by atoms with van der Waals surface area (Å²) in [5.41, 5.74) is 4.19. The lowest BCUT2D eigenvalue weighted by Crippen LogP contribution is -2.26. The second-order valence-electron chi connectivity index (χ2n) is 7.99. The lowest BCUT2D eigenvalue weighted by Gasteiger charge is -2.12. The number of benzene rings is 2. The largest absolute Gasteiger partial charge is 0.439 e. The molecule has 0 saturated heterocycles. The van der Waals surface area contributed by atoms with Gasteiger partial charge in [-0.05, 0) is 59.7 Å². The Bertz CT molecular complexity index is 1650. The number of allylic oxidation sites excluding steroid dienone is 1. The van der Waals surface area contributed by atoms with E-state index >= 15 is 0 Å². The number of hydrogen-bond acceptors (Lipinski definition) is 7. The number of hydrogen-bond donors (Lipinski definition) is 0. The van der Waals surface area contributed by atoms with E-state index in [1.165, 1.54) is 0 Å². The minimum atomic E-state index is -0.505. The zero-order chi connectivity index (χ0) is 23.1. The van der Waals surface area contributed by atoms with E-state index in [4.69, 9.17) is 9.72 Å². The lowest BCUT2D eigenvalue weighted by molar-refractivity contribution is 0.0337. The molecule has 0 N–H and O–H groups in total. The molecule has 3 aromatic heterocycles. The van der Waals surface area contributed by atoms with Gasteiger partial charge in [0.05, 0.1) is 22.2 Å². The van der Waals surface area contributed by atoms with Gasteiger partial charge in [0.2, 0.25) is 0 Å². The summed E-state index contributed by atoms with van der Waals surface area (Å²) in [4.78, 5) is 32.1. The Morgan fingerprint density at radius 2 is 1.79 bits per heavy atom. The van der Waals surface area contributed by atoms with Crippen LogP contribution in [0.2, 0.25) is 0 Å². The number of esters is 1. The molecule has 0 radical (unpaired) electrons. The van der Waals surface area contributed by atoms with Crippen molar-refractivity contribution in [2.24, 2.45) is 0 Å². The van der Waals surface area contributed by atoms with Crippen LogP contribution in [0.5, 0.6) is 0 Å². The van der Waals surface area contributed by atoms with Crippen molar-refractivity contribution in [2.75, 3.05) is 0 Å². The van der Waals surface area contributed by atoms with Crippen LogP contribution >= 0.6 is 11.3 Å². The van der Waals surface area contributed by atoms with Crippen molar-refractivity contribution in [1.82, 2.24) is 20.0 Å². The average molecular weight is 467 g/mol. The molecule has 0 saturated carbocycles. The molecular formula is C26H18N4O3S. The molecule has 0 aliphatic heterocycles. The van der Waals surface area contributed by atoms with Crippen LogP contribution in [0.15, 0.2) is 70.8 Å². The third-order valence-electron chi connectivity index (χ3n) is 5.95. The van der Waals surface area contributed by atoms with Crippen LogP contribution in [0.3, 0.4) is 0 Å². The highest BCUT2D eigenvalue weighted by Gasteiger charge is 2.27. The topological polar surface area (TPSA) is 87.0 Å². The van der Waals surface area contributed by atoms with Crippen LogP contribution in [0, 0.1) is 0 Å². The third kappa shape index (κ3) is 3.48. The first kappa shape index (κ1) is 20.4. The summed E-state index contributed by atoms with van der Waals surface area (Å²) in [6.07, 6.45) is 3.63. The number of para-hydroxylation sites is 1. The number of rotatable bonds is 4. The van der Waals surface area contributed by atoms with Crippen molar-refractivity contribution in [3.8, 4) is 0 Å². The first-order valence-corrected chi connectivity index (χ1v) is 11.7. The predicted octanol–water partition coefficient (Wildman–Crippen LogP) is 4.70. The molecule has 1 aliphatic rings. The highest BCUT2D eigenvalue weighted by Crippen LogP contribution is 2.38. The smallest absolute Gasteiger partial charge is 0.340 e. The van der Waals surface area contributed by atoms with E-state index in [1.54, 1.807) is 35.6 Å². The predicted molar refractivity (Wildman–Crippen MR) is 131 cm³/mol. The first-order valence-electron chi connectivity index (χ1n) is 10.8. The minimum absolute atomic E-state index is 0.321. The Morgan fingerprint density at radius 3 is 2.62 bits per heavy atom. The standard InChI is InChI=1S/C26H18N4O3S/c31-25-19-8-2-4-10-22(19)28-29-30(25)15-33-26(32)23-18-7-1-3-9-21(18)27-24-16(11-12-20(23)24)14-17-6-5-13-34-17/h1-10,13-14H,11-12,15H2. The van der Waals surface area contributed by atoms with Crippen molar-refractivity contribution in [3.63, 3.8) is 0 Å². The van der Waals surface area contributed by atoms with E-state index in [2.05, 4.69) is 22.5 Å². The van der Waals surface area contributed by atoms with Gasteiger partial charge in [-0.1, -0.05) is 41.6 Å². The zero-order valence-electron chi connectivity index (χ0n) is 18.0. The van der Waals surface area contributed by atoms with Gasteiger partial charge in [-0.2, -0.15) is 4.68 Å². The fourth-order valence-corrected chi connectivity index (χ4v) is 5.04. The number of nitrogens with zero attached hydrogens (tertiary/aromatic N) is 4. The molecule has 5 aromatic rings. The van der Waals surface area contributed by atoms with Crippen molar-refractivity contribution in [1.29, 1.82) is 0 Å². The number of fused-ring (bicyclic) bond motifs is 3. The van der Waals surface area contributed by atoms with Gasteiger partial charge < -0.3 is 4.74 Å². The molecule has 0 spiro atoms. The first-order chi connectivity index (χ1) is 16.7. The molecule has 0 amide bonds. The zero-order valence-corrected chi connectivity index (χ0v) is 18.8. The van der Waals surface area contributed by atoms with Crippen molar-refractivity contribution < 1.29 is 9.53 Å². The quantitative estimate of drug-likeness (QED) is 0.357. The van der Waals surface area contributed by atoms with Crippen molar-refractivity contribution >= 4 is 50.8 Å². The molecule has 1 aliphatic carbocycles. The van der Waals surface area contributed by atoms with Crippen LogP contribution in [-0.4, -0.2) is 25.9 Å². The lowest BCUT2D eigenvalue weighted by atomic mass is 10.0. The van der Waals surface area contributed by atoms with Gasteiger partial charge in [0.1, 0.15) is 5.52 Å². The van der Waals surface area contributed by atoms with Crippen molar-refractivity contribution in [3.05, 3.63) is 98.1 Å². The molecule has 2 aromatic carbocycles. The monoisotopic (exact) mass is 466 g/mol. The van der Waals surface area contributed by atoms with E-state index in [-0.39, 0.29) is 12.3 Å². The summed E-state index contributed by atoms with van der Waals surface area (Å²) in [5, 5.41) is 11.2. The highest BCUT2D eigenvalue weighted by atomic mass is 32.1. The molecule has 166 valence electrons. The Balaban J connectivity index is 1.38. The molecule has 7 nitrogen and oxygen atoms in total. The molecular weight excluding hydrogens is 448 g/mol. The molecule has 3 heterocycles. The number of thiophene rings is 1. The SMILES string of the molecule is O=C(OCn1nnc2ccccc2c1=O)c1c2c(nc3ccccc13)C(=Cc1cccs1)CC2. The van der Waals surface area contributed by atoms with Crippen LogP contribution in [0.1, 0.15) is 32.9 Å². The summed E-state index contributed by atoms with van der Waals surface area (Å²) >= 11 is 1.67. The summed E-state index contributed by atoms with van der Waals surface area (Å²) in [6.45, 7) is -0.321. The normalized spacial score (nSPS) is 14.1. The van der Waals surface area contributed by atoms with Crippen LogP contribution in [0.25, 0.3) is 33.5 Å². The maximum absolute atomic E-state index is 13.4. The van der Waals surface area contributed by atoms with Gasteiger partial charge >= 0.3 is 5.97 Å². The minimum Gasteiger partial charge on any atom is -0.439 e. The Kier molecular flexibility index (Phi) is 5.00. The molecule has 0 fully saturated rings. The molecule has 0 bridgehead atoms. The maximum atomic E-state index is 13.4. The van der Waals surface area contributed by atoms with E-state index in [0.29, 0.717) is 22.9 Å². The molecule has 0 atom stereocenters. The van der Waals surface area contributed by atoms with Crippen LogP contribution in [0.4, 0.5) is 0 Å². The van der Waals surface area contributed by atoms with Crippen molar-refractivity contribution in [2.45, 2.75) is 19.6 Å². The van der Waals surface area contributed by atoms with Gasteiger partial charge in [-0.3, -0.25) is 4.79 Å². The average Bonchev–Trinajstić information content (AvgIpc) is 3.52. The molecule has 8 heteroatoms. The second kappa shape index (κ2) is 8.31. The fourth-order valence-electron chi connectivity index (χ4n) is 4.36. The van der Waals surface area contributed by atoms with Gasteiger partial charge in [0.25, 0.3) is 5.56 Å². The molecule has 0 unspecified atom stereocenters. The van der Waals surface area contributed by atoms with Crippen LogP contribution in [-0.2, 0) is 17.9 Å². The van der Waals surface area contributed by atoms with E-state index in [9.17, 15) is 9.59 Å². The summed E-state index contributed by atoms with van der Waals surface area (Å²) in [5.74, 6) is -0.505. The maximum Gasteiger partial charge on any atom is 0.340 e. The van der Waals surface area contributed by atoms with Gasteiger partial charge in [0, 0.05) is 10.3 Å². The number of pyridine rings is 1. The number of aromatic nitrogens is 4. The summed E-state index contributed by atoms with van der Waals surface area (Å²) in [6, 6.07) is 18.6. The van der Waals surface area contributed by atoms with Crippen LogP contribution < -0.4 is 5.56 Å². The van der Waals surface area contributed by atoms with E-state index in [1.807, 2.05) is 35.7 Å². The number of ether oxygens (including phenoxy) is 1. The van der Waals surface area contributed by atoms with E-state index < -0.39 is 5.97 Å².